The normalized spacial score (nSPS) is 21.6. The van der Waals surface area contributed by atoms with E-state index in [4.69, 9.17) is 11.6 Å². The van der Waals surface area contributed by atoms with Crippen molar-refractivity contribution in [1.29, 1.82) is 0 Å². The largest absolute Gasteiger partial charge is 0.354 e. The van der Waals surface area contributed by atoms with Gasteiger partial charge >= 0.3 is 0 Å². The molecule has 0 bridgehead atoms. The predicted octanol–water partition coefficient (Wildman–Crippen LogP) is 2.26. The van der Waals surface area contributed by atoms with E-state index in [9.17, 15) is 18.0 Å². The van der Waals surface area contributed by atoms with E-state index in [-0.39, 0.29) is 29.2 Å². The fourth-order valence-corrected chi connectivity index (χ4v) is 5.51. The molecule has 0 spiro atoms. The summed E-state index contributed by atoms with van der Waals surface area (Å²) in [4.78, 5) is 26.6. The van der Waals surface area contributed by atoms with Gasteiger partial charge in [-0.05, 0) is 49.9 Å². The highest BCUT2D eigenvalue weighted by Gasteiger charge is 2.33. The Bertz CT molecular complexity index is 829. The highest BCUT2D eigenvalue weighted by molar-refractivity contribution is 7.89. The van der Waals surface area contributed by atoms with E-state index in [0.29, 0.717) is 43.9 Å². The second kappa shape index (κ2) is 9.91. The molecule has 2 fully saturated rings. The van der Waals surface area contributed by atoms with Crippen LogP contribution in [0, 0.1) is 5.92 Å². The van der Waals surface area contributed by atoms with Crippen molar-refractivity contribution in [3.8, 4) is 0 Å². The summed E-state index contributed by atoms with van der Waals surface area (Å²) in [6, 6.07) is 6.07. The molecule has 1 N–H and O–H groups in total. The van der Waals surface area contributed by atoms with Gasteiger partial charge < -0.3 is 10.2 Å². The minimum atomic E-state index is -3.65. The van der Waals surface area contributed by atoms with Crippen molar-refractivity contribution in [3.05, 3.63) is 29.3 Å². The Morgan fingerprint density at radius 2 is 1.86 bits per heavy atom. The second-order valence-corrected chi connectivity index (χ2v) is 10.0. The van der Waals surface area contributed by atoms with Crippen LogP contribution in [-0.2, 0) is 19.6 Å². The van der Waals surface area contributed by atoms with Crippen molar-refractivity contribution in [1.82, 2.24) is 14.5 Å². The number of hydrogen-bond donors (Lipinski definition) is 1. The third kappa shape index (κ3) is 5.71. The van der Waals surface area contributed by atoms with Crippen molar-refractivity contribution in [3.63, 3.8) is 0 Å². The van der Waals surface area contributed by atoms with E-state index in [1.54, 1.807) is 12.1 Å². The molecule has 0 aliphatic carbocycles. The van der Waals surface area contributed by atoms with Crippen molar-refractivity contribution in [2.45, 2.75) is 43.4 Å². The van der Waals surface area contributed by atoms with E-state index < -0.39 is 10.0 Å². The molecule has 7 nitrogen and oxygen atoms in total. The van der Waals surface area contributed by atoms with Gasteiger partial charge in [0.2, 0.25) is 21.8 Å². The Morgan fingerprint density at radius 3 is 2.62 bits per heavy atom. The maximum Gasteiger partial charge on any atom is 0.243 e. The molecule has 2 amide bonds. The average Bonchev–Trinajstić information content (AvgIpc) is 2.92. The summed E-state index contributed by atoms with van der Waals surface area (Å²) >= 11 is 5.85. The van der Waals surface area contributed by atoms with Crippen LogP contribution in [0.5, 0.6) is 0 Å². The Labute approximate surface area is 177 Å². The molecular formula is C20H28ClN3O4S. The second-order valence-electron chi connectivity index (χ2n) is 7.64. The van der Waals surface area contributed by atoms with Crippen LogP contribution in [-0.4, -0.2) is 62.2 Å². The van der Waals surface area contributed by atoms with Gasteiger partial charge in [-0.3, -0.25) is 9.59 Å². The molecule has 1 unspecified atom stereocenters. The maximum absolute atomic E-state index is 12.9. The van der Waals surface area contributed by atoms with E-state index in [0.717, 1.165) is 25.8 Å². The number of piperidine rings is 1. The molecule has 0 radical (unpaired) electrons. The number of benzene rings is 1. The first-order valence-corrected chi connectivity index (χ1v) is 12.0. The number of rotatable bonds is 6. The Hall–Kier alpha value is -1.64. The van der Waals surface area contributed by atoms with Gasteiger partial charge in [0.15, 0.2) is 0 Å². The molecule has 3 rings (SSSR count). The standard InChI is InChI=1S/C20H28ClN3O4S/c21-17-7-9-18(10-8-17)29(27,28)24-13-4-5-16(15-24)20(26)22-11-14-23-12-3-1-2-6-19(23)25/h7-10,16H,1-6,11-15H2,(H,22,26). The van der Waals surface area contributed by atoms with Crippen molar-refractivity contribution in [2.75, 3.05) is 32.7 Å². The first-order chi connectivity index (χ1) is 13.9. The highest BCUT2D eigenvalue weighted by atomic mass is 35.5. The number of likely N-dealkylation sites (tertiary alicyclic amines) is 1. The van der Waals surface area contributed by atoms with Crippen LogP contribution < -0.4 is 5.32 Å². The zero-order chi connectivity index (χ0) is 20.9. The molecule has 2 saturated heterocycles. The summed E-state index contributed by atoms with van der Waals surface area (Å²) in [6.45, 7) is 2.21. The smallest absolute Gasteiger partial charge is 0.243 e. The Balaban J connectivity index is 1.53. The molecule has 29 heavy (non-hydrogen) atoms. The molecule has 160 valence electrons. The summed E-state index contributed by atoms with van der Waals surface area (Å²) < 4.78 is 27.1. The van der Waals surface area contributed by atoms with Crippen LogP contribution in [0.15, 0.2) is 29.2 Å². The molecule has 1 atom stereocenters. The summed E-state index contributed by atoms with van der Waals surface area (Å²) in [5, 5.41) is 3.36. The van der Waals surface area contributed by atoms with Gasteiger partial charge in [0, 0.05) is 44.2 Å². The SMILES string of the molecule is O=C(NCCN1CCCCCC1=O)C1CCCN(S(=O)(=O)c2ccc(Cl)cc2)C1. The molecular weight excluding hydrogens is 414 g/mol. The summed E-state index contributed by atoms with van der Waals surface area (Å²) in [5.41, 5.74) is 0. The molecule has 0 aromatic heterocycles. The quantitative estimate of drug-likeness (QED) is 0.733. The van der Waals surface area contributed by atoms with Gasteiger partial charge in [0.05, 0.1) is 10.8 Å². The first-order valence-electron chi connectivity index (χ1n) is 10.2. The van der Waals surface area contributed by atoms with Crippen LogP contribution in [0.4, 0.5) is 0 Å². The molecule has 2 aliphatic heterocycles. The van der Waals surface area contributed by atoms with Gasteiger partial charge in [-0.2, -0.15) is 4.31 Å². The lowest BCUT2D eigenvalue weighted by Gasteiger charge is -2.31. The van der Waals surface area contributed by atoms with Crippen molar-refractivity contribution >= 4 is 33.4 Å². The predicted molar refractivity (Wildman–Crippen MR) is 111 cm³/mol. The topological polar surface area (TPSA) is 86.8 Å². The highest BCUT2D eigenvalue weighted by Crippen LogP contribution is 2.24. The van der Waals surface area contributed by atoms with Gasteiger partial charge in [-0.1, -0.05) is 18.0 Å². The number of halogens is 1. The molecule has 2 heterocycles. The average molecular weight is 442 g/mol. The van der Waals surface area contributed by atoms with Gasteiger partial charge in [-0.15, -0.1) is 0 Å². The number of amides is 2. The molecule has 1 aromatic rings. The summed E-state index contributed by atoms with van der Waals surface area (Å²) in [5.74, 6) is -0.386. The fraction of sp³-hybridized carbons (Fsp3) is 0.600. The van der Waals surface area contributed by atoms with Crippen LogP contribution in [0.3, 0.4) is 0 Å². The van der Waals surface area contributed by atoms with E-state index in [1.807, 2.05) is 4.90 Å². The van der Waals surface area contributed by atoms with Crippen LogP contribution in [0.25, 0.3) is 0 Å². The van der Waals surface area contributed by atoms with Crippen LogP contribution >= 0.6 is 11.6 Å². The number of sulfonamides is 1. The molecule has 2 aliphatic rings. The molecule has 0 saturated carbocycles. The zero-order valence-electron chi connectivity index (χ0n) is 16.5. The van der Waals surface area contributed by atoms with Crippen molar-refractivity contribution < 1.29 is 18.0 Å². The van der Waals surface area contributed by atoms with E-state index >= 15 is 0 Å². The maximum atomic E-state index is 12.9. The van der Waals surface area contributed by atoms with E-state index in [1.165, 1.54) is 16.4 Å². The minimum absolute atomic E-state index is 0.148. The van der Waals surface area contributed by atoms with Gasteiger partial charge in [-0.25, -0.2) is 8.42 Å². The number of nitrogens with zero attached hydrogens (tertiary/aromatic N) is 2. The third-order valence-electron chi connectivity index (χ3n) is 5.56. The Morgan fingerprint density at radius 1 is 1.10 bits per heavy atom. The summed E-state index contributed by atoms with van der Waals surface area (Å²) in [7, 11) is -3.65. The van der Waals surface area contributed by atoms with E-state index in [2.05, 4.69) is 5.32 Å². The monoisotopic (exact) mass is 441 g/mol. The summed E-state index contributed by atoms with van der Waals surface area (Å²) in [6.07, 6.45) is 4.86. The van der Waals surface area contributed by atoms with Crippen LogP contribution in [0.1, 0.15) is 38.5 Å². The number of hydrogen-bond acceptors (Lipinski definition) is 4. The third-order valence-corrected chi connectivity index (χ3v) is 7.69. The lowest BCUT2D eigenvalue weighted by molar-refractivity contribution is -0.131. The van der Waals surface area contributed by atoms with Crippen LogP contribution in [0.2, 0.25) is 5.02 Å². The lowest BCUT2D eigenvalue weighted by atomic mass is 9.99. The molecule has 9 heteroatoms. The zero-order valence-corrected chi connectivity index (χ0v) is 18.1. The Kier molecular flexibility index (Phi) is 7.54. The first kappa shape index (κ1) is 22.1. The number of carbonyl (C=O) groups is 2. The minimum Gasteiger partial charge on any atom is -0.354 e. The molecule has 1 aromatic carbocycles. The number of nitrogens with one attached hydrogen (secondary N) is 1. The fourth-order valence-electron chi connectivity index (χ4n) is 3.86. The van der Waals surface area contributed by atoms with Gasteiger partial charge in [0.25, 0.3) is 0 Å². The number of carbonyl (C=O) groups excluding carboxylic acids is 2. The van der Waals surface area contributed by atoms with Crippen molar-refractivity contribution in [2.24, 2.45) is 5.92 Å². The van der Waals surface area contributed by atoms with Gasteiger partial charge in [0.1, 0.15) is 0 Å². The lowest BCUT2D eigenvalue weighted by Crippen LogP contribution is -2.46.